The summed E-state index contributed by atoms with van der Waals surface area (Å²) in [5.74, 6) is 1.87. The molecule has 7 nitrogen and oxygen atoms in total. The van der Waals surface area contributed by atoms with Gasteiger partial charge in [0.05, 0.1) is 16.8 Å². The normalized spacial score (nSPS) is 14.5. The highest BCUT2D eigenvalue weighted by Crippen LogP contribution is 2.30. The Morgan fingerprint density at radius 3 is 2.19 bits per heavy atom. The lowest BCUT2D eigenvalue weighted by Crippen LogP contribution is -2.52. The molecule has 1 fully saturated rings. The van der Waals surface area contributed by atoms with Crippen LogP contribution in [0.25, 0.3) is 16.7 Å². The van der Waals surface area contributed by atoms with Crippen molar-refractivity contribution >= 4 is 22.8 Å². The maximum absolute atomic E-state index is 12.8. The largest absolute Gasteiger partial charge is 0.352 e. The van der Waals surface area contributed by atoms with E-state index in [0.29, 0.717) is 19.5 Å². The highest BCUT2D eigenvalue weighted by Gasteiger charge is 2.31. The van der Waals surface area contributed by atoms with E-state index in [4.69, 9.17) is 15.1 Å². The Labute approximate surface area is 212 Å². The predicted molar refractivity (Wildman–Crippen MR) is 144 cm³/mol. The summed E-state index contributed by atoms with van der Waals surface area (Å²) in [6, 6.07) is 18.6. The van der Waals surface area contributed by atoms with Crippen molar-refractivity contribution in [1.82, 2.24) is 24.6 Å². The second-order valence-electron chi connectivity index (χ2n) is 10.7. The summed E-state index contributed by atoms with van der Waals surface area (Å²) in [5.41, 5.74) is 4.73. The topological polar surface area (TPSA) is 67.2 Å². The third kappa shape index (κ3) is 4.70. The number of piperazine rings is 1. The smallest absolute Gasteiger partial charge is 0.228 e. The van der Waals surface area contributed by atoms with Gasteiger partial charge in [0.1, 0.15) is 11.6 Å². The van der Waals surface area contributed by atoms with E-state index in [9.17, 15) is 4.79 Å². The Kier molecular flexibility index (Phi) is 6.24. The van der Waals surface area contributed by atoms with Crippen molar-refractivity contribution in [2.24, 2.45) is 5.41 Å². The molecule has 2 aromatic carbocycles. The van der Waals surface area contributed by atoms with Crippen molar-refractivity contribution in [3.05, 3.63) is 77.2 Å². The third-order valence-corrected chi connectivity index (χ3v) is 6.72. The number of anilines is 1. The molecular weight excluding hydrogens is 448 g/mol. The highest BCUT2D eigenvalue weighted by atomic mass is 16.2. The van der Waals surface area contributed by atoms with E-state index in [1.807, 2.05) is 67.6 Å². The number of carbonyl (C=O) groups is 1. The molecule has 0 spiro atoms. The Balaban J connectivity index is 1.56. The van der Waals surface area contributed by atoms with Gasteiger partial charge in [-0.15, -0.1) is 0 Å². The van der Waals surface area contributed by atoms with Crippen LogP contribution in [0.1, 0.15) is 43.4 Å². The summed E-state index contributed by atoms with van der Waals surface area (Å²) in [4.78, 5) is 27.2. The number of aromatic nitrogens is 4. The Morgan fingerprint density at radius 1 is 0.889 bits per heavy atom. The first-order valence-electron chi connectivity index (χ1n) is 12.6. The molecule has 1 saturated heterocycles. The maximum atomic E-state index is 12.8. The third-order valence-electron chi connectivity index (χ3n) is 6.72. The summed E-state index contributed by atoms with van der Waals surface area (Å²) in [6.07, 6.45) is 0.644. The van der Waals surface area contributed by atoms with Crippen LogP contribution in [0.15, 0.2) is 54.6 Å². The van der Waals surface area contributed by atoms with E-state index in [2.05, 4.69) is 36.1 Å². The van der Waals surface area contributed by atoms with Gasteiger partial charge in [0.15, 0.2) is 5.65 Å². The zero-order valence-electron chi connectivity index (χ0n) is 21.8. The molecule has 0 unspecified atom stereocenters. The van der Waals surface area contributed by atoms with Gasteiger partial charge in [0.2, 0.25) is 5.91 Å². The minimum absolute atomic E-state index is 0.197. The van der Waals surface area contributed by atoms with Crippen LogP contribution < -0.4 is 4.90 Å². The first kappa shape index (κ1) is 24.0. The molecule has 0 radical (unpaired) electrons. The van der Waals surface area contributed by atoms with Crippen molar-refractivity contribution < 1.29 is 4.79 Å². The lowest BCUT2D eigenvalue weighted by Gasteiger charge is -2.38. The zero-order chi connectivity index (χ0) is 25.4. The van der Waals surface area contributed by atoms with E-state index in [0.717, 1.165) is 47.1 Å². The lowest BCUT2D eigenvalue weighted by atomic mass is 9.94. The number of hydrogen-bond acceptors (Lipinski definition) is 5. The SMILES string of the molecule is Cc1ccc(Cc2nc(N3CCN(C(=O)C(C)(C)C)CC3)c3c(C)nn(-c4ccccc4)c3n2)cc1. The molecule has 4 aromatic rings. The van der Waals surface area contributed by atoms with E-state index in [-0.39, 0.29) is 11.3 Å². The molecule has 2 aromatic heterocycles. The fraction of sp³-hybridized carbons (Fsp3) is 0.379. The second-order valence-corrected chi connectivity index (χ2v) is 10.7. The van der Waals surface area contributed by atoms with E-state index in [1.54, 1.807) is 0 Å². The Bertz CT molecular complexity index is 1380. The molecule has 36 heavy (non-hydrogen) atoms. The van der Waals surface area contributed by atoms with Crippen molar-refractivity contribution in [2.45, 2.75) is 41.0 Å². The standard InChI is InChI=1S/C29H34N6O/c1-20-11-13-22(14-12-20)19-24-30-26(33-15-17-34(18-16-33)28(36)29(3,4)5)25-21(2)32-35(27(25)31-24)23-9-7-6-8-10-23/h6-14H,15-19H2,1-5H3. The first-order valence-corrected chi connectivity index (χ1v) is 12.6. The van der Waals surface area contributed by atoms with Crippen LogP contribution in [0.2, 0.25) is 0 Å². The summed E-state index contributed by atoms with van der Waals surface area (Å²) in [7, 11) is 0. The number of hydrogen-bond donors (Lipinski definition) is 0. The van der Waals surface area contributed by atoms with Crippen LogP contribution in [-0.2, 0) is 11.2 Å². The van der Waals surface area contributed by atoms with Gasteiger partial charge in [-0.2, -0.15) is 5.10 Å². The first-order chi connectivity index (χ1) is 17.2. The molecule has 3 heterocycles. The summed E-state index contributed by atoms with van der Waals surface area (Å²) < 4.78 is 1.92. The van der Waals surface area contributed by atoms with Crippen molar-refractivity contribution in [3.63, 3.8) is 0 Å². The van der Waals surface area contributed by atoms with Crippen LogP contribution in [0, 0.1) is 19.3 Å². The van der Waals surface area contributed by atoms with E-state index < -0.39 is 0 Å². The van der Waals surface area contributed by atoms with E-state index >= 15 is 0 Å². The summed E-state index contributed by atoms with van der Waals surface area (Å²) in [6.45, 7) is 12.9. The monoisotopic (exact) mass is 482 g/mol. The van der Waals surface area contributed by atoms with Gasteiger partial charge in [-0.25, -0.2) is 14.6 Å². The molecule has 0 saturated carbocycles. The average Bonchev–Trinajstić information content (AvgIpc) is 3.21. The number of rotatable bonds is 4. The zero-order valence-corrected chi connectivity index (χ0v) is 21.8. The fourth-order valence-electron chi connectivity index (χ4n) is 4.75. The summed E-state index contributed by atoms with van der Waals surface area (Å²) in [5, 5.41) is 5.85. The Hall–Kier alpha value is -3.74. The number of benzene rings is 2. The molecular formula is C29H34N6O. The van der Waals surface area contributed by atoms with Gasteiger partial charge in [-0.05, 0) is 31.5 Å². The molecule has 1 aliphatic heterocycles. The molecule has 0 bridgehead atoms. The van der Waals surface area contributed by atoms with Crippen LogP contribution in [-0.4, -0.2) is 56.7 Å². The number of nitrogens with zero attached hydrogens (tertiary/aromatic N) is 6. The van der Waals surface area contributed by atoms with Crippen LogP contribution in [0.5, 0.6) is 0 Å². The molecule has 7 heteroatoms. The van der Waals surface area contributed by atoms with E-state index in [1.165, 1.54) is 11.1 Å². The van der Waals surface area contributed by atoms with Gasteiger partial charge in [-0.1, -0.05) is 68.8 Å². The lowest BCUT2D eigenvalue weighted by molar-refractivity contribution is -0.139. The fourth-order valence-corrected chi connectivity index (χ4v) is 4.75. The van der Waals surface area contributed by atoms with Gasteiger partial charge in [-0.3, -0.25) is 4.79 Å². The Morgan fingerprint density at radius 2 is 1.56 bits per heavy atom. The number of fused-ring (bicyclic) bond motifs is 1. The molecule has 186 valence electrons. The van der Waals surface area contributed by atoms with Gasteiger partial charge >= 0.3 is 0 Å². The molecule has 0 N–H and O–H groups in total. The molecule has 0 aliphatic carbocycles. The van der Waals surface area contributed by atoms with Crippen molar-refractivity contribution in [3.8, 4) is 5.69 Å². The molecule has 5 rings (SSSR count). The predicted octanol–water partition coefficient (Wildman–Crippen LogP) is 4.72. The van der Waals surface area contributed by atoms with Gasteiger partial charge in [0.25, 0.3) is 0 Å². The highest BCUT2D eigenvalue weighted by molar-refractivity contribution is 5.91. The van der Waals surface area contributed by atoms with Gasteiger partial charge in [0, 0.05) is 38.0 Å². The summed E-state index contributed by atoms with van der Waals surface area (Å²) >= 11 is 0. The molecule has 1 amide bonds. The van der Waals surface area contributed by atoms with Crippen LogP contribution in [0.4, 0.5) is 5.82 Å². The van der Waals surface area contributed by atoms with Crippen molar-refractivity contribution in [2.75, 3.05) is 31.1 Å². The quantitative estimate of drug-likeness (QED) is 0.421. The van der Waals surface area contributed by atoms with Crippen LogP contribution >= 0.6 is 0 Å². The minimum Gasteiger partial charge on any atom is -0.352 e. The number of carbonyl (C=O) groups excluding carboxylic acids is 1. The molecule has 1 aliphatic rings. The second kappa shape index (κ2) is 9.37. The number of aryl methyl sites for hydroxylation is 2. The maximum Gasteiger partial charge on any atom is 0.228 e. The van der Waals surface area contributed by atoms with Crippen molar-refractivity contribution in [1.29, 1.82) is 0 Å². The number of para-hydroxylation sites is 1. The van der Waals surface area contributed by atoms with Crippen LogP contribution in [0.3, 0.4) is 0 Å². The minimum atomic E-state index is -0.376. The number of amides is 1. The average molecular weight is 483 g/mol. The van der Waals surface area contributed by atoms with Gasteiger partial charge < -0.3 is 9.80 Å². The molecule has 0 atom stereocenters.